The van der Waals surface area contributed by atoms with Gasteiger partial charge < -0.3 is 20.0 Å². The van der Waals surface area contributed by atoms with E-state index < -0.39 is 0 Å². The Labute approximate surface area is 227 Å². The van der Waals surface area contributed by atoms with Crippen molar-refractivity contribution in [2.45, 2.75) is 53.4 Å². The molecule has 0 radical (unpaired) electrons. The Hall–Kier alpha value is -2.90. The molecule has 1 N–H and O–H groups in total. The van der Waals surface area contributed by atoms with Crippen molar-refractivity contribution in [3.8, 4) is 0 Å². The standard InChI is InChI=1S/C30H45N5O3/c1-21(2)27-18-25(19-29(37)35-15-13-34(14-16-35)28-7-5-6-10-31-28)22(3)17-26(27)20-32-30(38)24-8-11-33(12-9-24)23(4)36/h5-7,10,17,21,24-27H,8-9,11-16,18-20H2,1-4H3,(H,32,38). The van der Waals surface area contributed by atoms with Gasteiger partial charge in [0.1, 0.15) is 5.82 Å². The molecule has 2 fully saturated rings. The van der Waals surface area contributed by atoms with E-state index in [1.807, 2.05) is 34.2 Å². The zero-order valence-electron chi connectivity index (χ0n) is 23.6. The number of carbonyl (C=O) groups is 3. The average molecular weight is 524 g/mol. The molecule has 1 aromatic rings. The number of hydrogen-bond donors (Lipinski definition) is 1. The lowest BCUT2D eigenvalue weighted by Gasteiger charge is -2.39. The van der Waals surface area contributed by atoms with Gasteiger partial charge in [-0.1, -0.05) is 31.6 Å². The molecule has 3 aliphatic rings. The number of amides is 3. The quantitative estimate of drug-likeness (QED) is 0.554. The third kappa shape index (κ3) is 6.94. The number of rotatable bonds is 7. The molecule has 1 aromatic heterocycles. The fraction of sp³-hybridized carbons (Fsp3) is 0.667. The summed E-state index contributed by atoms with van der Waals surface area (Å²) in [5.41, 5.74) is 1.27. The van der Waals surface area contributed by atoms with Gasteiger partial charge >= 0.3 is 0 Å². The van der Waals surface area contributed by atoms with E-state index in [0.29, 0.717) is 37.9 Å². The smallest absolute Gasteiger partial charge is 0.223 e. The van der Waals surface area contributed by atoms with Crippen molar-refractivity contribution in [2.75, 3.05) is 50.7 Å². The summed E-state index contributed by atoms with van der Waals surface area (Å²) >= 11 is 0. The summed E-state index contributed by atoms with van der Waals surface area (Å²) in [7, 11) is 0. The molecule has 4 rings (SSSR count). The van der Waals surface area contributed by atoms with Crippen molar-refractivity contribution < 1.29 is 14.4 Å². The highest BCUT2D eigenvalue weighted by Crippen LogP contribution is 2.39. The summed E-state index contributed by atoms with van der Waals surface area (Å²) in [6.45, 7) is 13.3. The van der Waals surface area contributed by atoms with Gasteiger partial charge in [-0.2, -0.15) is 0 Å². The Kier molecular flexibility index (Phi) is 9.44. The number of allylic oxidation sites excluding steroid dienone is 1. The lowest BCUT2D eigenvalue weighted by atomic mass is 9.69. The summed E-state index contributed by atoms with van der Waals surface area (Å²) in [6, 6.07) is 5.95. The number of carbonyl (C=O) groups excluding carboxylic acids is 3. The molecular weight excluding hydrogens is 478 g/mol. The highest BCUT2D eigenvalue weighted by molar-refractivity contribution is 5.79. The Bertz CT molecular complexity index is 994. The fourth-order valence-corrected chi connectivity index (χ4v) is 6.39. The molecule has 2 aliphatic heterocycles. The van der Waals surface area contributed by atoms with Gasteiger partial charge in [-0.15, -0.1) is 0 Å². The van der Waals surface area contributed by atoms with Gasteiger partial charge in [0.2, 0.25) is 17.7 Å². The summed E-state index contributed by atoms with van der Waals surface area (Å²) in [5.74, 6) is 2.85. The number of aromatic nitrogens is 1. The second kappa shape index (κ2) is 12.8. The van der Waals surface area contributed by atoms with E-state index in [2.05, 4.69) is 42.0 Å². The van der Waals surface area contributed by atoms with Gasteiger partial charge in [0.15, 0.2) is 0 Å². The van der Waals surface area contributed by atoms with Crippen LogP contribution in [0.15, 0.2) is 36.0 Å². The van der Waals surface area contributed by atoms with Crippen LogP contribution in [0.4, 0.5) is 5.82 Å². The van der Waals surface area contributed by atoms with Crippen LogP contribution in [0, 0.1) is 29.6 Å². The van der Waals surface area contributed by atoms with Crippen molar-refractivity contribution in [3.63, 3.8) is 0 Å². The number of likely N-dealkylation sites (tertiary alicyclic amines) is 1. The van der Waals surface area contributed by atoms with Gasteiger partial charge in [0.05, 0.1) is 0 Å². The number of hydrogen-bond acceptors (Lipinski definition) is 5. The molecule has 2 saturated heterocycles. The van der Waals surface area contributed by atoms with Crippen LogP contribution in [0.1, 0.15) is 53.4 Å². The monoisotopic (exact) mass is 523 g/mol. The molecule has 0 bridgehead atoms. The highest BCUT2D eigenvalue weighted by Gasteiger charge is 2.34. The van der Waals surface area contributed by atoms with Gasteiger partial charge in [-0.3, -0.25) is 14.4 Å². The summed E-state index contributed by atoms with van der Waals surface area (Å²) < 4.78 is 0. The third-order valence-electron chi connectivity index (χ3n) is 8.93. The Balaban J connectivity index is 1.28. The summed E-state index contributed by atoms with van der Waals surface area (Å²) in [4.78, 5) is 48.2. The molecule has 8 heteroatoms. The van der Waals surface area contributed by atoms with E-state index in [1.165, 1.54) is 5.57 Å². The normalized spacial score (nSPS) is 24.8. The Morgan fingerprint density at radius 1 is 1.03 bits per heavy atom. The van der Waals surface area contributed by atoms with E-state index in [9.17, 15) is 14.4 Å². The topological polar surface area (TPSA) is 85.8 Å². The first-order valence-corrected chi connectivity index (χ1v) is 14.4. The Morgan fingerprint density at radius 2 is 1.74 bits per heavy atom. The van der Waals surface area contributed by atoms with E-state index in [-0.39, 0.29) is 35.5 Å². The van der Waals surface area contributed by atoms with Crippen LogP contribution in [0.5, 0.6) is 0 Å². The minimum Gasteiger partial charge on any atom is -0.355 e. The fourth-order valence-electron chi connectivity index (χ4n) is 6.39. The van der Waals surface area contributed by atoms with Crippen molar-refractivity contribution >= 4 is 23.5 Å². The zero-order valence-corrected chi connectivity index (χ0v) is 23.6. The lowest BCUT2D eigenvalue weighted by Crippen LogP contribution is -2.49. The van der Waals surface area contributed by atoms with Gasteiger partial charge in [0.25, 0.3) is 0 Å². The third-order valence-corrected chi connectivity index (χ3v) is 8.93. The number of nitrogens with zero attached hydrogens (tertiary/aromatic N) is 4. The first kappa shape index (κ1) is 28.1. The van der Waals surface area contributed by atoms with Crippen molar-refractivity contribution in [1.29, 1.82) is 0 Å². The highest BCUT2D eigenvalue weighted by atomic mass is 16.2. The van der Waals surface area contributed by atoms with Crippen molar-refractivity contribution in [2.24, 2.45) is 29.6 Å². The van der Waals surface area contributed by atoms with Crippen LogP contribution in [-0.4, -0.2) is 78.3 Å². The van der Waals surface area contributed by atoms with E-state index >= 15 is 0 Å². The molecule has 38 heavy (non-hydrogen) atoms. The molecule has 3 atom stereocenters. The summed E-state index contributed by atoms with van der Waals surface area (Å²) in [6.07, 6.45) is 7.15. The number of nitrogens with one attached hydrogen (secondary N) is 1. The van der Waals surface area contributed by atoms with Crippen LogP contribution in [0.2, 0.25) is 0 Å². The van der Waals surface area contributed by atoms with Crippen molar-refractivity contribution in [3.05, 3.63) is 36.0 Å². The van der Waals surface area contributed by atoms with Gasteiger partial charge in [0, 0.05) is 71.3 Å². The van der Waals surface area contributed by atoms with Gasteiger partial charge in [-0.25, -0.2) is 4.98 Å². The number of piperidine rings is 1. The van der Waals surface area contributed by atoms with E-state index in [0.717, 1.165) is 51.3 Å². The molecule has 0 aromatic carbocycles. The molecule has 0 saturated carbocycles. The van der Waals surface area contributed by atoms with Crippen LogP contribution in [0.25, 0.3) is 0 Å². The maximum absolute atomic E-state index is 13.3. The molecule has 3 unspecified atom stereocenters. The first-order valence-electron chi connectivity index (χ1n) is 14.4. The second-order valence-electron chi connectivity index (χ2n) is 11.7. The molecule has 1 aliphatic carbocycles. The summed E-state index contributed by atoms with van der Waals surface area (Å²) in [5, 5.41) is 3.22. The number of anilines is 1. The van der Waals surface area contributed by atoms with E-state index in [4.69, 9.17) is 0 Å². The largest absolute Gasteiger partial charge is 0.355 e. The predicted octanol–water partition coefficient (Wildman–Crippen LogP) is 3.35. The second-order valence-corrected chi connectivity index (χ2v) is 11.7. The molecule has 208 valence electrons. The minimum absolute atomic E-state index is 0.0136. The zero-order chi connectivity index (χ0) is 27.2. The van der Waals surface area contributed by atoms with E-state index in [1.54, 1.807) is 6.92 Å². The van der Waals surface area contributed by atoms with Crippen LogP contribution >= 0.6 is 0 Å². The minimum atomic E-state index is -0.0136. The number of pyridine rings is 1. The first-order chi connectivity index (χ1) is 18.2. The van der Waals surface area contributed by atoms with Crippen LogP contribution in [-0.2, 0) is 14.4 Å². The average Bonchev–Trinajstić information content (AvgIpc) is 2.93. The predicted molar refractivity (Wildman–Crippen MR) is 149 cm³/mol. The van der Waals surface area contributed by atoms with Crippen LogP contribution < -0.4 is 10.2 Å². The lowest BCUT2D eigenvalue weighted by molar-refractivity contribution is -0.134. The van der Waals surface area contributed by atoms with Crippen LogP contribution in [0.3, 0.4) is 0 Å². The number of piperazine rings is 1. The molecule has 8 nitrogen and oxygen atoms in total. The molecular formula is C30H45N5O3. The Morgan fingerprint density at radius 3 is 2.34 bits per heavy atom. The SMILES string of the molecule is CC(=O)N1CCC(C(=O)NCC2C=C(C)C(CC(=O)N3CCN(c4ccccn4)CC3)CC2C(C)C)CC1. The molecule has 0 spiro atoms. The maximum atomic E-state index is 13.3. The molecule has 3 heterocycles. The van der Waals surface area contributed by atoms with Crippen molar-refractivity contribution in [1.82, 2.24) is 20.1 Å². The maximum Gasteiger partial charge on any atom is 0.223 e. The molecule has 3 amide bonds. The van der Waals surface area contributed by atoms with Gasteiger partial charge in [-0.05, 0) is 62.0 Å².